The van der Waals surface area contributed by atoms with Crippen LogP contribution in [0.2, 0.25) is 0 Å². The molecule has 0 bridgehead atoms. The Labute approximate surface area is 152 Å². The van der Waals surface area contributed by atoms with E-state index >= 15 is 0 Å². The fourth-order valence-electron chi connectivity index (χ4n) is 2.47. The van der Waals surface area contributed by atoms with Crippen molar-refractivity contribution in [2.45, 2.75) is 39.3 Å². The Morgan fingerprint density at radius 1 is 1.42 bits per heavy atom. The maximum atomic E-state index is 12.5. The van der Waals surface area contributed by atoms with Crippen LogP contribution in [0.1, 0.15) is 38.1 Å². The fourth-order valence-corrected chi connectivity index (χ4v) is 2.47. The van der Waals surface area contributed by atoms with E-state index in [2.05, 4.69) is 15.2 Å². The van der Waals surface area contributed by atoms with Crippen molar-refractivity contribution in [2.24, 2.45) is 0 Å². The monoisotopic (exact) mass is 363 g/mol. The Balaban J connectivity index is 2.29. The summed E-state index contributed by atoms with van der Waals surface area (Å²) >= 11 is 0. The molecule has 1 aliphatic rings. The lowest BCUT2D eigenvalue weighted by Gasteiger charge is -2.37. The number of hydrogen-bond donors (Lipinski definition) is 2. The molecule has 0 unspecified atom stereocenters. The van der Waals surface area contributed by atoms with Gasteiger partial charge in [-0.15, -0.1) is 0 Å². The van der Waals surface area contributed by atoms with E-state index < -0.39 is 17.7 Å². The summed E-state index contributed by atoms with van der Waals surface area (Å²) < 4.78 is 11.5. The van der Waals surface area contributed by atoms with Gasteiger partial charge < -0.3 is 20.2 Å². The van der Waals surface area contributed by atoms with E-state index in [1.807, 2.05) is 27.7 Å². The number of amides is 1. The predicted molar refractivity (Wildman–Crippen MR) is 96.0 cm³/mol. The number of rotatable bonds is 3. The Bertz CT molecular complexity index is 732. The summed E-state index contributed by atoms with van der Waals surface area (Å²) in [5.74, 6) is -0.508. The standard InChI is InChI=1S/C17H25N5O4/c1-11-7-19-13(10-21(11)16(24)26-17(2,3)4)14(6-18)22-9-12(8-20-22)15(23)25-5/h6,8-9,11,18-19H,7,10H2,1-5H3/b14-13+,18-6?/t11-/m0/s1. The zero-order valence-corrected chi connectivity index (χ0v) is 15.7. The molecule has 0 radical (unpaired) electrons. The average Bonchev–Trinajstić information content (AvgIpc) is 3.04. The van der Waals surface area contributed by atoms with Gasteiger partial charge in [-0.05, 0) is 27.7 Å². The van der Waals surface area contributed by atoms with Gasteiger partial charge in [0.05, 0.1) is 31.1 Å². The van der Waals surface area contributed by atoms with Crippen LogP contribution in [0.3, 0.4) is 0 Å². The summed E-state index contributed by atoms with van der Waals surface area (Å²) in [4.78, 5) is 25.7. The molecule has 1 amide bonds. The Morgan fingerprint density at radius 2 is 2.12 bits per heavy atom. The van der Waals surface area contributed by atoms with E-state index in [9.17, 15) is 9.59 Å². The molecule has 1 aromatic rings. The summed E-state index contributed by atoms with van der Waals surface area (Å²) in [5, 5.41) is 15.1. The maximum Gasteiger partial charge on any atom is 0.410 e. The number of piperazine rings is 1. The quantitative estimate of drug-likeness (QED) is 0.625. The molecule has 0 aliphatic carbocycles. The zero-order chi connectivity index (χ0) is 19.5. The Morgan fingerprint density at radius 3 is 2.69 bits per heavy atom. The number of carbonyl (C=O) groups is 2. The number of nitrogens with zero attached hydrogens (tertiary/aromatic N) is 3. The molecule has 1 atom stereocenters. The molecule has 0 aromatic carbocycles. The van der Waals surface area contributed by atoms with Gasteiger partial charge >= 0.3 is 12.1 Å². The first-order valence-electron chi connectivity index (χ1n) is 8.26. The molecule has 142 valence electrons. The largest absolute Gasteiger partial charge is 0.465 e. The molecule has 1 fully saturated rings. The van der Waals surface area contributed by atoms with Gasteiger partial charge in [0, 0.05) is 25.0 Å². The second-order valence-corrected chi connectivity index (χ2v) is 7.01. The second-order valence-electron chi connectivity index (χ2n) is 7.01. The van der Waals surface area contributed by atoms with Crippen LogP contribution in [0.25, 0.3) is 5.70 Å². The lowest BCUT2D eigenvalue weighted by atomic mass is 10.1. The number of carbonyl (C=O) groups excluding carboxylic acids is 2. The first kappa shape index (κ1) is 19.5. The van der Waals surface area contributed by atoms with Gasteiger partial charge in [0.1, 0.15) is 11.3 Å². The van der Waals surface area contributed by atoms with Crippen molar-refractivity contribution in [3.05, 3.63) is 23.7 Å². The predicted octanol–water partition coefficient (Wildman–Crippen LogP) is 1.72. The highest BCUT2D eigenvalue weighted by atomic mass is 16.6. The molecule has 2 rings (SSSR count). The number of aromatic nitrogens is 2. The van der Waals surface area contributed by atoms with Crippen molar-refractivity contribution in [2.75, 3.05) is 20.2 Å². The minimum atomic E-state index is -0.590. The van der Waals surface area contributed by atoms with Crippen LogP contribution in [0.5, 0.6) is 0 Å². The van der Waals surface area contributed by atoms with Crippen molar-refractivity contribution in [3.63, 3.8) is 0 Å². The van der Waals surface area contributed by atoms with Crippen molar-refractivity contribution in [1.29, 1.82) is 5.41 Å². The lowest BCUT2D eigenvalue weighted by molar-refractivity contribution is 0.0169. The normalized spacial score (nSPS) is 19.4. The Kier molecular flexibility index (Phi) is 5.69. The SMILES string of the molecule is COC(=O)c1cnn(/C(C=N)=C2\CN(C(=O)OC(C)(C)C)[C@@H](C)CN2)c1. The smallest absolute Gasteiger partial charge is 0.410 e. The third kappa shape index (κ3) is 4.41. The molecule has 0 saturated carbocycles. The number of esters is 1. The molecule has 0 spiro atoms. The molecular formula is C17H25N5O4. The number of methoxy groups -OCH3 is 1. The van der Waals surface area contributed by atoms with Crippen molar-refractivity contribution in [1.82, 2.24) is 20.0 Å². The number of hydrogen-bond acceptors (Lipinski definition) is 7. The van der Waals surface area contributed by atoms with Gasteiger partial charge in [0.25, 0.3) is 0 Å². The summed E-state index contributed by atoms with van der Waals surface area (Å²) in [6.07, 6.45) is 3.56. The summed E-state index contributed by atoms with van der Waals surface area (Å²) in [5.41, 5.74) is 0.762. The fraction of sp³-hybridized carbons (Fsp3) is 0.529. The van der Waals surface area contributed by atoms with Gasteiger partial charge in [-0.1, -0.05) is 0 Å². The first-order valence-corrected chi connectivity index (χ1v) is 8.26. The highest BCUT2D eigenvalue weighted by molar-refractivity contribution is 6.02. The molecule has 1 aromatic heterocycles. The average molecular weight is 363 g/mol. The number of nitrogens with one attached hydrogen (secondary N) is 2. The number of ether oxygens (including phenoxy) is 2. The van der Waals surface area contributed by atoms with E-state index in [1.54, 1.807) is 4.90 Å². The van der Waals surface area contributed by atoms with Crippen LogP contribution in [0.15, 0.2) is 18.1 Å². The second kappa shape index (κ2) is 7.59. The van der Waals surface area contributed by atoms with Crippen molar-refractivity contribution >= 4 is 24.0 Å². The summed E-state index contributed by atoms with van der Waals surface area (Å²) in [6, 6.07) is -0.0659. The van der Waals surface area contributed by atoms with E-state index in [1.165, 1.54) is 24.2 Å². The number of allylic oxidation sites excluding steroid dienone is 1. The van der Waals surface area contributed by atoms with E-state index in [0.29, 0.717) is 17.9 Å². The van der Waals surface area contributed by atoms with Gasteiger partial charge in [-0.3, -0.25) is 4.90 Å². The third-order valence-electron chi connectivity index (χ3n) is 3.80. The highest BCUT2D eigenvalue weighted by Crippen LogP contribution is 2.18. The van der Waals surface area contributed by atoms with Gasteiger partial charge in [0.2, 0.25) is 0 Å². The lowest BCUT2D eigenvalue weighted by Crippen LogP contribution is -2.52. The molecule has 9 heteroatoms. The molecule has 9 nitrogen and oxygen atoms in total. The van der Waals surface area contributed by atoms with Gasteiger partial charge in [-0.25, -0.2) is 14.3 Å². The van der Waals surface area contributed by atoms with Gasteiger partial charge in [0.15, 0.2) is 0 Å². The Hall–Kier alpha value is -2.84. The summed E-state index contributed by atoms with van der Waals surface area (Å²) in [7, 11) is 1.29. The summed E-state index contributed by atoms with van der Waals surface area (Å²) in [6.45, 7) is 8.12. The van der Waals surface area contributed by atoms with Crippen molar-refractivity contribution in [3.8, 4) is 0 Å². The minimum absolute atomic E-state index is 0.0659. The van der Waals surface area contributed by atoms with E-state index in [4.69, 9.17) is 10.1 Å². The molecule has 1 aliphatic heterocycles. The first-order chi connectivity index (χ1) is 12.2. The third-order valence-corrected chi connectivity index (χ3v) is 3.80. The molecule has 2 heterocycles. The van der Waals surface area contributed by atoms with Crippen LogP contribution in [-0.2, 0) is 9.47 Å². The van der Waals surface area contributed by atoms with Crippen LogP contribution >= 0.6 is 0 Å². The molecule has 2 N–H and O–H groups in total. The molecular weight excluding hydrogens is 338 g/mol. The van der Waals surface area contributed by atoms with Crippen LogP contribution < -0.4 is 5.32 Å². The van der Waals surface area contributed by atoms with Crippen LogP contribution in [0.4, 0.5) is 4.79 Å². The molecule has 1 saturated heterocycles. The molecule has 26 heavy (non-hydrogen) atoms. The van der Waals surface area contributed by atoms with E-state index in [-0.39, 0.29) is 18.2 Å². The topological polar surface area (TPSA) is 110 Å². The van der Waals surface area contributed by atoms with Gasteiger partial charge in [-0.2, -0.15) is 5.10 Å². The van der Waals surface area contributed by atoms with Crippen LogP contribution in [0, 0.1) is 5.41 Å². The van der Waals surface area contributed by atoms with Crippen LogP contribution in [-0.4, -0.2) is 64.8 Å². The highest BCUT2D eigenvalue weighted by Gasteiger charge is 2.31. The van der Waals surface area contributed by atoms with Crippen molar-refractivity contribution < 1.29 is 19.1 Å². The minimum Gasteiger partial charge on any atom is -0.465 e. The van der Waals surface area contributed by atoms with E-state index in [0.717, 1.165) is 6.21 Å². The zero-order valence-electron chi connectivity index (χ0n) is 15.7. The maximum absolute atomic E-state index is 12.5.